The number of benzene rings is 1. The Morgan fingerprint density at radius 2 is 2.10 bits per heavy atom. The van der Waals surface area contributed by atoms with Crippen molar-refractivity contribution in [2.24, 2.45) is 5.92 Å². The maximum absolute atomic E-state index is 12.3. The van der Waals surface area contributed by atoms with Crippen molar-refractivity contribution in [2.75, 3.05) is 25.0 Å². The summed E-state index contributed by atoms with van der Waals surface area (Å²) in [6, 6.07) is 7.67. The van der Waals surface area contributed by atoms with Crippen molar-refractivity contribution in [3.05, 3.63) is 29.3 Å². The summed E-state index contributed by atoms with van der Waals surface area (Å²) >= 11 is 5.85. The minimum atomic E-state index is -0.0217. The highest BCUT2D eigenvalue weighted by molar-refractivity contribution is 6.30. The third kappa shape index (κ3) is 5.21. The molecular formula is C16H24ClN3O. The van der Waals surface area contributed by atoms with Gasteiger partial charge in [-0.25, -0.2) is 4.79 Å². The van der Waals surface area contributed by atoms with Gasteiger partial charge in [0.2, 0.25) is 0 Å². The molecule has 4 nitrogen and oxygen atoms in total. The van der Waals surface area contributed by atoms with Crippen LogP contribution in [-0.4, -0.2) is 36.6 Å². The van der Waals surface area contributed by atoms with E-state index >= 15 is 0 Å². The molecule has 0 radical (unpaired) electrons. The molecule has 1 unspecified atom stereocenters. The first kappa shape index (κ1) is 16.1. The second-order valence-corrected chi connectivity index (χ2v) is 6.39. The van der Waals surface area contributed by atoms with Gasteiger partial charge in [0.05, 0.1) is 0 Å². The predicted molar refractivity (Wildman–Crippen MR) is 87.9 cm³/mol. The summed E-state index contributed by atoms with van der Waals surface area (Å²) in [6.07, 6.45) is 2.25. The number of carbonyl (C=O) groups is 1. The minimum Gasteiger partial charge on any atom is -0.324 e. The van der Waals surface area contributed by atoms with Crippen molar-refractivity contribution in [1.82, 2.24) is 10.2 Å². The molecule has 1 aliphatic heterocycles. The van der Waals surface area contributed by atoms with Crippen LogP contribution in [0.25, 0.3) is 0 Å². The molecule has 1 atom stereocenters. The zero-order chi connectivity index (χ0) is 15.2. The first-order chi connectivity index (χ1) is 10.0. The van der Waals surface area contributed by atoms with Crippen LogP contribution in [0.3, 0.4) is 0 Å². The van der Waals surface area contributed by atoms with E-state index in [2.05, 4.69) is 24.5 Å². The Balaban J connectivity index is 1.85. The summed E-state index contributed by atoms with van der Waals surface area (Å²) in [4.78, 5) is 14.2. The molecule has 2 rings (SSSR count). The number of carbonyl (C=O) groups excluding carboxylic acids is 1. The van der Waals surface area contributed by atoms with Crippen LogP contribution in [0.1, 0.15) is 26.7 Å². The van der Waals surface area contributed by atoms with Crippen molar-refractivity contribution < 1.29 is 4.79 Å². The number of urea groups is 1. The fourth-order valence-electron chi connectivity index (χ4n) is 2.55. The lowest BCUT2D eigenvalue weighted by molar-refractivity contribution is 0.175. The van der Waals surface area contributed by atoms with E-state index in [0.29, 0.717) is 17.0 Å². The van der Waals surface area contributed by atoms with Gasteiger partial charge in [-0.15, -0.1) is 0 Å². The highest BCUT2D eigenvalue weighted by Gasteiger charge is 2.23. The Bertz CT molecular complexity index is 461. The van der Waals surface area contributed by atoms with E-state index in [4.69, 9.17) is 11.6 Å². The van der Waals surface area contributed by atoms with Gasteiger partial charge >= 0.3 is 6.03 Å². The number of nitrogens with zero attached hydrogens (tertiary/aromatic N) is 1. The normalized spacial score (nSPS) is 18.9. The third-order valence-corrected chi connectivity index (χ3v) is 3.97. The smallest absolute Gasteiger partial charge is 0.321 e. The van der Waals surface area contributed by atoms with Crippen molar-refractivity contribution in [2.45, 2.75) is 32.7 Å². The fourth-order valence-corrected chi connectivity index (χ4v) is 2.68. The van der Waals surface area contributed by atoms with E-state index in [0.717, 1.165) is 31.7 Å². The molecule has 2 N–H and O–H groups in total. The molecule has 0 bridgehead atoms. The Hall–Kier alpha value is -1.26. The highest BCUT2D eigenvalue weighted by atomic mass is 35.5. The van der Waals surface area contributed by atoms with Crippen LogP contribution in [0.5, 0.6) is 0 Å². The molecular weight excluding hydrogens is 286 g/mol. The standard InChI is InChI=1S/C16H24ClN3O/c1-12(2)18-10-13-4-3-9-20(11-13)16(21)19-15-7-5-14(17)6-8-15/h5-8,12-13,18H,3-4,9-11H2,1-2H3,(H,19,21). The summed E-state index contributed by atoms with van der Waals surface area (Å²) < 4.78 is 0. The van der Waals surface area contributed by atoms with Crippen molar-refractivity contribution in [1.29, 1.82) is 0 Å². The van der Waals surface area contributed by atoms with Crippen LogP contribution in [0, 0.1) is 5.92 Å². The molecule has 0 spiro atoms. The van der Waals surface area contributed by atoms with Crippen LogP contribution in [0.4, 0.5) is 10.5 Å². The molecule has 5 heteroatoms. The van der Waals surface area contributed by atoms with Gasteiger partial charge in [-0.2, -0.15) is 0 Å². The summed E-state index contributed by atoms with van der Waals surface area (Å²) in [6.45, 7) is 6.92. The van der Waals surface area contributed by atoms with Gasteiger partial charge in [0.15, 0.2) is 0 Å². The van der Waals surface area contributed by atoms with E-state index in [1.54, 1.807) is 12.1 Å². The Morgan fingerprint density at radius 1 is 1.38 bits per heavy atom. The molecule has 1 aromatic carbocycles. The van der Waals surface area contributed by atoms with Gasteiger partial charge in [-0.3, -0.25) is 0 Å². The SMILES string of the molecule is CC(C)NCC1CCCN(C(=O)Nc2ccc(Cl)cc2)C1. The lowest BCUT2D eigenvalue weighted by atomic mass is 9.98. The van der Waals surface area contributed by atoms with Crippen LogP contribution in [-0.2, 0) is 0 Å². The molecule has 1 saturated heterocycles. The summed E-state index contributed by atoms with van der Waals surface area (Å²) in [5.41, 5.74) is 0.784. The van der Waals surface area contributed by atoms with Gasteiger partial charge in [0.1, 0.15) is 0 Å². The van der Waals surface area contributed by atoms with E-state index in [9.17, 15) is 4.79 Å². The molecule has 0 aliphatic carbocycles. The quantitative estimate of drug-likeness (QED) is 0.893. The van der Waals surface area contributed by atoms with Crippen LogP contribution in [0.2, 0.25) is 5.02 Å². The number of piperidine rings is 1. The molecule has 1 heterocycles. The van der Waals surface area contributed by atoms with Crippen molar-refractivity contribution >= 4 is 23.3 Å². The first-order valence-electron chi connectivity index (χ1n) is 7.59. The van der Waals surface area contributed by atoms with Crippen molar-refractivity contribution in [3.8, 4) is 0 Å². The van der Waals surface area contributed by atoms with Crippen molar-refractivity contribution in [3.63, 3.8) is 0 Å². The van der Waals surface area contributed by atoms with Gasteiger partial charge in [0.25, 0.3) is 0 Å². The number of rotatable bonds is 4. The number of nitrogens with one attached hydrogen (secondary N) is 2. The molecule has 1 aromatic rings. The second-order valence-electron chi connectivity index (χ2n) is 5.95. The largest absolute Gasteiger partial charge is 0.324 e. The number of anilines is 1. The first-order valence-corrected chi connectivity index (χ1v) is 7.97. The number of hydrogen-bond donors (Lipinski definition) is 2. The second kappa shape index (κ2) is 7.66. The molecule has 0 aromatic heterocycles. The van der Waals surface area contributed by atoms with Crippen LogP contribution < -0.4 is 10.6 Å². The minimum absolute atomic E-state index is 0.0217. The monoisotopic (exact) mass is 309 g/mol. The summed E-state index contributed by atoms with van der Waals surface area (Å²) in [5.74, 6) is 0.539. The number of likely N-dealkylation sites (tertiary alicyclic amines) is 1. The Morgan fingerprint density at radius 3 is 2.76 bits per heavy atom. The number of hydrogen-bond acceptors (Lipinski definition) is 2. The van der Waals surface area contributed by atoms with E-state index in [1.807, 2.05) is 17.0 Å². The molecule has 1 fully saturated rings. The number of halogens is 1. The lowest BCUT2D eigenvalue weighted by Crippen LogP contribution is -2.45. The Kier molecular flexibility index (Phi) is 5.88. The predicted octanol–water partition coefficient (Wildman–Crippen LogP) is 3.58. The Labute approximate surface area is 131 Å². The zero-order valence-corrected chi connectivity index (χ0v) is 13.5. The van der Waals surface area contributed by atoms with Gasteiger partial charge in [-0.1, -0.05) is 25.4 Å². The maximum Gasteiger partial charge on any atom is 0.321 e. The summed E-state index contributed by atoms with van der Waals surface area (Å²) in [5, 5.41) is 7.06. The molecule has 21 heavy (non-hydrogen) atoms. The van der Waals surface area contributed by atoms with E-state index in [1.165, 1.54) is 6.42 Å². The molecule has 2 amide bonds. The molecule has 0 saturated carbocycles. The summed E-state index contributed by atoms with van der Waals surface area (Å²) in [7, 11) is 0. The van der Waals surface area contributed by atoms with Crippen LogP contribution >= 0.6 is 11.6 Å². The average molecular weight is 310 g/mol. The highest BCUT2D eigenvalue weighted by Crippen LogP contribution is 2.18. The van der Waals surface area contributed by atoms with Crippen LogP contribution in [0.15, 0.2) is 24.3 Å². The topological polar surface area (TPSA) is 44.4 Å². The molecule has 116 valence electrons. The molecule has 1 aliphatic rings. The van der Waals surface area contributed by atoms with Gasteiger partial charge in [-0.05, 0) is 49.6 Å². The lowest BCUT2D eigenvalue weighted by Gasteiger charge is -2.33. The third-order valence-electron chi connectivity index (χ3n) is 3.72. The fraction of sp³-hybridized carbons (Fsp3) is 0.562. The zero-order valence-electron chi connectivity index (χ0n) is 12.7. The van der Waals surface area contributed by atoms with E-state index < -0.39 is 0 Å². The van der Waals surface area contributed by atoms with Gasteiger partial charge in [0, 0.05) is 29.8 Å². The number of amides is 2. The maximum atomic E-state index is 12.3. The van der Waals surface area contributed by atoms with E-state index in [-0.39, 0.29) is 6.03 Å². The average Bonchev–Trinajstić information content (AvgIpc) is 2.48. The van der Waals surface area contributed by atoms with Gasteiger partial charge < -0.3 is 15.5 Å².